The number of amides is 1. The number of carbonyl (C=O) groups is 1. The molecule has 0 unspecified atom stereocenters. The zero-order chi connectivity index (χ0) is 26.7. The Labute approximate surface area is 229 Å². The number of benzene rings is 2. The second kappa shape index (κ2) is 10.8. The second-order valence-electron chi connectivity index (χ2n) is 9.46. The fourth-order valence-corrected chi connectivity index (χ4v) is 5.90. The fourth-order valence-electron chi connectivity index (χ4n) is 4.98. The van der Waals surface area contributed by atoms with Crippen molar-refractivity contribution in [3.8, 4) is 17.2 Å². The highest BCUT2D eigenvalue weighted by atomic mass is 32.1. The fraction of sp³-hybridized carbons (Fsp3) is 0.241. The maximum atomic E-state index is 13.2. The van der Waals surface area contributed by atoms with Crippen molar-refractivity contribution in [2.24, 2.45) is 0 Å². The maximum Gasteiger partial charge on any atom is 0.251 e. The minimum atomic E-state index is -0.549. The van der Waals surface area contributed by atoms with E-state index in [0.717, 1.165) is 58.6 Å². The van der Waals surface area contributed by atoms with E-state index >= 15 is 0 Å². The Hall–Kier alpha value is -4.28. The highest BCUT2D eigenvalue weighted by Crippen LogP contribution is 2.36. The molecule has 9 nitrogen and oxygen atoms in total. The second-order valence-corrected chi connectivity index (χ2v) is 10.4. The molecule has 3 N–H and O–H groups in total. The molecular formula is C29H28N6O3S. The molecule has 0 aliphatic carbocycles. The lowest BCUT2D eigenvalue weighted by atomic mass is 9.87. The van der Waals surface area contributed by atoms with Gasteiger partial charge in [0.05, 0.1) is 7.11 Å². The lowest BCUT2D eigenvalue weighted by Gasteiger charge is -2.36. The van der Waals surface area contributed by atoms with Gasteiger partial charge < -0.3 is 25.1 Å². The number of anilines is 1. The van der Waals surface area contributed by atoms with Crippen LogP contribution in [0.15, 0.2) is 76.8 Å². The number of hydrogen-bond acceptors (Lipinski definition) is 9. The zero-order valence-corrected chi connectivity index (χ0v) is 22.3. The van der Waals surface area contributed by atoms with Crippen molar-refractivity contribution in [1.29, 1.82) is 0 Å². The Balaban J connectivity index is 1.20. The van der Waals surface area contributed by atoms with E-state index in [1.165, 1.54) is 0 Å². The number of methoxy groups -OCH3 is 1. The highest BCUT2D eigenvalue weighted by Gasteiger charge is 2.39. The van der Waals surface area contributed by atoms with E-state index < -0.39 is 5.54 Å². The van der Waals surface area contributed by atoms with Crippen LogP contribution < -0.4 is 20.7 Å². The van der Waals surface area contributed by atoms with Gasteiger partial charge in [0, 0.05) is 45.8 Å². The van der Waals surface area contributed by atoms with E-state index in [2.05, 4.69) is 31.1 Å². The Morgan fingerprint density at radius 3 is 2.77 bits per heavy atom. The number of ether oxygens (including phenoxy) is 1. The number of rotatable bonds is 8. The summed E-state index contributed by atoms with van der Waals surface area (Å²) in [7, 11) is 1.67. The van der Waals surface area contributed by atoms with Gasteiger partial charge in [0.2, 0.25) is 11.8 Å². The van der Waals surface area contributed by atoms with Crippen LogP contribution in [0.4, 0.5) is 5.69 Å². The molecule has 2 aromatic carbocycles. The largest absolute Gasteiger partial charge is 0.496 e. The first-order chi connectivity index (χ1) is 19.1. The van der Waals surface area contributed by atoms with E-state index in [0.29, 0.717) is 23.9 Å². The van der Waals surface area contributed by atoms with Gasteiger partial charge in [0.1, 0.15) is 11.3 Å². The average molecular weight is 541 g/mol. The normalized spacial score (nSPS) is 14.7. The monoisotopic (exact) mass is 540 g/mol. The summed E-state index contributed by atoms with van der Waals surface area (Å²) in [6.07, 6.45) is 4.92. The zero-order valence-electron chi connectivity index (χ0n) is 21.4. The number of aromatic nitrogens is 3. The quantitative estimate of drug-likeness (QED) is 0.253. The smallest absolute Gasteiger partial charge is 0.251 e. The number of carbonyl (C=O) groups excluding carboxylic acids is 1. The van der Waals surface area contributed by atoms with Gasteiger partial charge in [-0.3, -0.25) is 9.78 Å². The topological polar surface area (TPSA) is 114 Å². The van der Waals surface area contributed by atoms with Gasteiger partial charge in [-0.2, -0.15) is 0 Å². The molecule has 0 bridgehead atoms. The van der Waals surface area contributed by atoms with Crippen LogP contribution in [0.5, 0.6) is 5.75 Å². The molecule has 4 heterocycles. The van der Waals surface area contributed by atoms with Crippen LogP contribution in [0.25, 0.3) is 21.5 Å². The number of fused-ring (bicyclic) bond motifs is 1. The summed E-state index contributed by atoms with van der Waals surface area (Å²) in [5, 5.41) is 21.9. The van der Waals surface area contributed by atoms with Gasteiger partial charge in [-0.1, -0.05) is 12.1 Å². The van der Waals surface area contributed by atoms with E-state index in [1.807, 2.05) is 60.0 Å². The van der Waals surface area contributed by atoms with E-state index in [-0.39, 0.29) is 5.91 Å². The molecular weight excluding hydrogens is 512 g/mol. The molecule has 1 saturated heterocycles. The molecule has 0 spiro atoms. The Bertz CT molecular complexity index is 1590. The summed E-state index contributed by atoms with van der Waals surface area (Å²) in [4.78, 5) is 17.2. The third kappa shape index (κ3) is 5.08. The van der Waals surface area contributed by atoms with E-state index in [9.17, 15) is 4.79 Å². The van der Waals surface area contributed by atoms with Crippen molar-refractivity contribution in [3.63, 3.8) is 0 Å². The molecule has 3 aromatic heterocycles. The minimum Gasteiger partial charge on any atom is -0.496 e. The number of thiophene rings is 1. The van der Waals surface area contributed by atoms with Crippen molar-refractivity contribution < 1.29 is 13.9 Å². The molecule has 0 radical (unpaired) electrons. The van der Waals surface area contributed by atoms with E-state index in [4.69, 9.17) is 9.15 Å². The van der Waals surface area contributed by atoms with Crippen LogP contribution in [0, 0.1) is 0 Å². The lowest BCUT2D eigenvalue weighted by Crippen LogP contribution is -2.45. The maximum absolute atomic E-state index is 13.2. The van der Waals surface area contributed by atoms with Gasteiger partial charge in [0.15, 0.2) is 0 Å². The van der Waals surface area contributed by atoms with Gasteiger partial charge >= 0.3 is 0 Å². The van der Waals surface area contributed by atoms with Crippen molar-refractivity contribution in [2.75, 3.05) is 25.5 Å². The minimum absolute atomic E-state index is 0.142. The molecule has 5 aromatic rings. The summed E-state index contributed by atoms with van der Waals surface area (Å²) in [5.41, 5.74) is 2.72. The molecule has 1 aliphatic heterocycles. The van der Waals surface area contributed by atoms with Crippen LogP contribution in [0.2, 0.25) is 0 Å². The molecule has 6 rings (SSSR count). The Kier molecular flexibility index (Phi) is 6.95. The lowest BCUT2D eigenvalue weighted by molar-refractivity contribution is 0.0951. The molecule has 0 atom stereocenters. The van der Waals surface area contributed by atoms with Crippen LogP contribution in [-0.2, 0) is 12.1 Å². The van der Waals surface area contributed by atoms with Gasteiger partial charge in [-0.05, 0) is 79.3 Å². The molecule has 1 fully saturated rings. The predicted molar refractivity (Wildman–Crippen MR) is 151 cm³/mol. The molecule has 1 aliphatic rings. The molecule has 198 valence electrons. The average Bonchev–Trinajstić information content (AvgIpc) is 3.68. The van der Waals surface area contributed by atoms with Crippen LogP contribution >= 0.6 is 11.3 Å². The summed E-state index contributed by atoms with van der Waals surface area (Å²) in [6.45, 7) is 2.03. The van der Waals surface area contributed by atoms with E-state index in [1.54, 1.807) is 30.8 Å². The van der Waals surface area contributed by atoms with Gasteiger partial charge in [0.25, 0.3) is 5.91 Å². The summed E-state index contributed by atoms with van der Waals surface area (Å²) >= 11 is 1.64. The van der Waals surface area contributed by atoms with Gasteiger partial charge in [-0.25, -0.2) is 0 Å². The number of nitrogens with zero attached hydrogens (tertiary/aromatic N) is 3. The van der Waals surface area contributed by atoms with Gasteiger partial charge in [-0.15, -0.1) is 21.5 Å². The third-order valence-electron chi connectivity index (χ3n) is 7.04. The summed E-state index contributed by atoms with van der Waals surface area (Å²) in [6, 6.07) is 17.2. The molecule has 1 amide bonds. The first-order valence-corrected chi connectivity index (χ1v) is 13.7. The predicted octanol–water partition coefficient (Wildman–Crippen LogP) is 4.98. The summed E-state index contributed by atoms with van der Waals surface area (Å²) in [5.74, 6) is 1.68. The van der Waals surface area contributed by atoms with Crippen molar-refractivity contribution >= 4 is 33.0 Å². The first kappa shape index (κ1) is 25.0. The first-order valence-electron chi connectivity index (χ1n) is 12.8. The third-order valence-corrected chi connectivity index (χ3v) is 8.03. The van der Waals surface area contributed by atoms with Crippen LogP contribution in [-0.4, -0.2) is 41.3 Å². The SMILES string of the molecule is COc1ccc(CNC(=O)c2cccc(NC3(c4nnc(-c5ccncc5)o4)CCNCC3)c2)c2sccc12. The number of piperidine rings is 1. The number of pyridine rings is 1. The van der Waals surface area contributed by atoms with Crippen LogP contribution in [0.1, 0.15) is 34.7 Å². The van der Waals surface area contributed by atoms with Crippen LogP contribution in [0.3, 0.4) is 0 Å². The molecule has 10 heteroatoms. The Morgan fingerprint density at radius 1 is 1.10 bits per heavy atom. The summed E-state index contributed by atoms with van der Waals surface area (Å²) < 4.78 is 12.7. The van der Waals surface area contributed by atoms with Crippen molar-refractivity contribution in [1.82, 2.24) is 25.8 Å². The number of hydrogen-bond donors (Lipinski definition) is 3. The molecule has 39 heavy (non-hydrogen) atoms. The standard InChI is InChI=1S/C29H28N6O3S/c1-37-24-6-5-21(25-23(24)9-16-39-25)18-32-26(36)20-3-2-4-22(17-20)33-29(10-14-31-15-11-29)28-35-34-27(38-28)19-7-12-30-13-8-19/h2-9,12-13,16-17,31,33H,10-11,14-15,18H2,1H3,(H,32,36). The number of nitrogens with one attached hydrogen (secondary N) is 3. The van der Waals surface area contributed by atoms with Crippen molar-refractivity contribution in [3.05, 3.63) is 89.4 Å². The highest BCUT2D eigenvalue weighted by molar-refractivity contribution is 7.17. The van der Waals surface area contributed by atoms with Crippen molar-refractivity contribution in [2.45, 2.75) is 24.9 Å². The Morgan fingerprint density at radius 2 is 1.95 bits per heavy atom. The molecule has 0 saturated carbocycles.